The van der Waals surface area contributed by atoms with E-state index in [4.69, 9.17) is 32.7 Å². The number of rotatable bonds is 14. The average molecular weight is 417 g/mol. The van der Waals surface area contributed by atoms with Gasteiger partial charge in [0.15, 0.2) is 0 Å². The van der Waals surface area contributed by atoms with Crippen molar-refractivity contribution < 1.29 is 19.1 Å². The number of benzene rings is 1. The van der Waals surface area contributed by atoms with Gasteiger partial charge in [-0.15, -0.1) is 0 Å². The molecule has 4 nitrogen and oxygen atoms in total. The minimum Gasteiger partial charge on any atom is -0.466 e. The van der Waals surface area contributed by atoms with Gasteiger partial charge in [-0.2, -0.15) is 0 Å². The van der Waals surface area contributed by atoms with Crippen LogP contribution < -0.4 is 0 Å². The van der Waals surface area contributed by atoms with Crippen LogP contribution in [0.1, 0.15) is 70.3 Å². The average Bonchev–Trinajstić information content (AvgIpc) is 2.64. The van der Waals surface area contributed by atoms with Gasteiger partial charge in [0.2, 0.25) is 0 Å². The first-order valence-electron chi connectivity index (χ1n) is 9.78. The van der Waals surface area contributed by atoms with Crippen molar-refractivity contribution in [1.29, 1.82) is 0 Å². The molecule has 0 spiro atoms. The molecule has 0 aliphatic carbocycles. The van der Waals surface area contributed by atoms with Gasteiger partial charge in [-0.05, 0) is 37.0 Å². The second-order valence-corrected chi connectivity index (χ2v) is 7.39. The van der Waals surface area contributed by atoms with Crippen molar-refractivity contribution in [3.05, 3.63) is 33.8 Å². The van der Waals surface area contributed by atoms with Gasteiger partial charge in [-0.25, -0.2) is 0 Å². The normalized spacial score (nSPS) is 10.6. The smallest absolute Gasteiger partial charge is 0.305 e. The van der Waals surface area contributed by atoms with Gasteiger partial charge in [-0.1, -0.05) is 61.9 Å². The summed E-state index contributed by atoms with van der Waals surface area (Å²) in [5, 5.41) is 1.19. The summed E-state index contributed by atoms with van der Waals surface area (Å²) in [6.07, 6.45) is 8.26. The molecule has 152 valence electrons. The van der Waals surface area contributed by atoms with E-state index in [9.17, 15) is 9.59 Å². The highest BCUT2D eigenvalue weighted by atomic mass is 35.5. The molecule has 27 heavy (non-hydrogen) atoms. The molecule has 0 saturated heterocycles. The topological polar surface area (TPSA) is 52.6 Å². The molecule has 0 bridgehead atoms. The molecular weight excluding hydrogens is 387 g/mol. The minimum absolute atomic E-state index is 0.0977. The largest absolute Gasteiger partial charge is 0.466 e. The summed E-state index contributed by atoms with van der Waals surface area (Å²) < 4.78 is 10.3. The molecule has 0 radical (unpaired) electrons. The van der Waals surface area contributed by atoms with Gasteiger partial charge >= 0.3 is 11.9 Å². The fourth-order valence-corrected chi connectivity index (χ4v) is 3.11. The summed E-state index contributed by atoms with van der Waals surface area (Å²) in [6, 6.07) is 5.31. The van der Waals surface area contributed by atoms with Crippen molar-refractivity contribution in [2.45, 2.75) is 71.1 Å². The summed E-state index contributed by atoms with van der Waals surface area (Å²) >= 11 is 11.9. The highest BCUT2D eigenvalue weighted by Gasteiger charge is 2.06. The second kappa shape index (κ2) is 14.8. The Morgan fingerprint density at radius 2 is 1.41 bits per heavy atom. The lowest BCUT2D eigenvalue weighted by molar-refractivity contribution is -0.144. The number of unbranched alkanes of at least 4 members (excludes halogenated alkanes) is 5. The molecule has 0 amide bonds. The monoisotopic (exact) mass is 416 g/mol. The van der Waals surface area contributed by atoms with Gasteiger partial charge in [0.25, 0.3) is 0 Å². The number of hydrogen-bond donors (Lipinski definition) is 0. The summed E-state index contributed by atoms with van der Waals surface area (Å²) in [5.74, 6) is -0.266. The molecule has 0 aliphatic rings. The Morgan fingerprint density at radius 1 is 0.852 bits per heavy atom. The zero-order valence-electron chi connectivity index (χ0n) is 16.1. The number of esters is 2. The van der Waals surface area contributed by atoms with Gasteiger partial charge in [0.05, 0.1) is 13.2 Å². The van der Waals surface area contributed by atoms with Crippen LogP contribution in [0.15, 0.2) is 18.2 Å². The van der Waals surface area contributed by atoms with E-state index in [-0.39, 0.29) is 11.9 Å². The maximum Gasteiger partial charge on any atom is 0.305 e. The fourth-order valence-electron chi connectivity index (χ4n) is 2.61. The maximum absolute atomic E-state index is 11.7. The lowest BCUT2D eigenvalue weighted by Crippen LogP contribution is -2.07. The Balaban J connectivity index is 1.96. The minimum atomic E-state index is -0.168. The molecule has 1 aromatic carbocycles. The van der Waals surface area contributed by atoms with Crippen LogP contribution >= 0.6 is 23.2 Å². The zero-order valence-corrected chi connectivity index (χ0v) is 17.6. The SMILES string of the molecule is CCCOC(=O)CCCCCCCCC(=O)OCCc1ccc(Cl)cc1Cl. The molecular formula is C21H30Cl2O4. The van der Waals surface area contributed by atoms with Crippen molar-refractivity contribution in [1.82, 2.24) is 0 Å². The molecule has 1 rings (SSSR count). The third-order valence-corrected chi connectivity index (χ3v) is 4.72. The Labute approximate surface area is 172 Å². The van der Waals surface area contributed by atoms with Crippen molar-refractivity contribution in [3.8, 4) is 0 Å². The van der Waals surface area contributed by atoms with E-state index in [1.807, 2.05) is 13.0 Å². The third-order valence-electron chi connectivity index (χ3n) is 4.13. The molecule has 0 N–H and O–H groups in total. The third kappa shape index (κ3) is 11.9. The second-order valence-electron chi connectivity index (χ2n) is 6.55. The van der Waals surface area contributed by atoms with E-state index in [2.05, 4.69) is 0 Å². The predicted octanol–water partition coefficient (Wildman–Crippen LogP) is 6.15. The zero-order chi connectivity index (χ0) is 19.9. The highest BCUT2D eigenvalue weighted by Crippen LogP contribution is 2.21. The summed E-state index contributed by atoms with van der Waals surface area (Å²) in [7, 11) is 0. The Morgan fingerprint density at radius 3 is 1.96 bits per heavy atom. The summed E-state index contributed by atoms with van der Waals surface area (Å²) in [4.78, 5) is 23.1. The molecule has 0 fully saturated rings. The first-order chi connectivity index (χ1) is 13.0. The lowest BCUT2D eigenvalue weighted by atomic mass is 10.1. The van der Waals surface area contributed by atoms with Gasteiger partial charge in [0, 0.05) is 29.3 Å². The van der Waals surface area contributed by atoms with E-state index in [1.165, 1.54) is 0 Å². The first-order valence-corrected chi connectivity index (χ1v) is 10.5. The van der Waals surface area contributed by atoms with Crippen molar-refractivity contribution >= 4 is 35.1 Å². The van der Waals surface area contributed by atoms with Crippen LogP contribution in [-0.2, 0) is 25.5 Å². The summed E-state index contributed by atoms with van der Waals surface area (Å²) in [6.45, 7) is 2.83. The quantitative estimate of drug-likeness (QED) is 0.269. The number of carbonyl (C=O) groups is 2. The lowest BCUT2D eigenvalue weighted by Gasteiger charge is -2.07. The van der Waals surface area contributed by atoms with Crippen LogP contribution in [0.3, 0.4) is 0 Å². The fraction of sp³-hybridized carbons (Fsp3) is 0.619. The molecule has 6 heteroatoms. The van der Waals surface area contributed by atoms with E-state index in [1.54, 1.807) is 12.1 Å². The van der Waals surface area contributed by atoms with E-state index in [0.717, 1.165) is 50.5 Å². The summed E-state index contributed by atoms with van der Waals surface area (Å²) in [5.41, 5.74) is 0.924. The molecule has 1 aromatic rings. The maximum atomic E-state index is 11.7. The number of ether oxygens (including phenoxy) is 2. The standard InChI is InChI=1S/C21H30Cl2O4/c1-2-14-26-20(24)9-7-5-3-4-6-8-10-21(25)27-15-13-17-11-12-18(22)16-19(17)23/h11-12,16H,2-10,13-15H2,1H3. The Bertz CT molecular complexity index is 575. The van der Waals surface area contributed by atoms with Gasteiger partial charge in [-0.3, -0.25) is 9.59 Å². The van der Waals surface area contributed by atoms with Crippen molar-refractivity contribution in [2.75, 3.05) is 13.2 Å². The van der Waals surface area contributed by atoms with E-state index in [0.29, 0.717) is 42.5 Å². The van der Waals surface area contributed by atoms with Crippen LogP contribution in [0.4, 0.5) is 0 Å². The molecule has 0 aliphatic heterocycles. The first kappa shape index (κ1) is 23.8. The number of carbonyl (C=O) groups excluding carboxylic acids is 2. The van der Waals surface area contributed by atoms with Crippen LogP contribution in [0.2, 0.25) is 10.0 Å². The van der Waals surface area contributed by atoms with E-state index >= 15 is 0 Å². The van der Waals surface area contributed by atoms with E-state index < -0.39 is 0 Å². The van der Waals surface area contributed by atoms with Gasteiger partial charge in [0.1, 0.15) is 0 Å². The Hall–Kier alpha value is -1.26. The number of hydrogen-bond acceptors (Lipinski definition) is 4. The van der Waals surface area contributed by atoms with Crippen LogP contribution in [0.5, 0.6) is 0 Å². The van der Waals surface area contributed by atoms with Crippen molar-refractivity contribution in [2.24, 2.45) is 0 Å². The van der Waals surface area contributed by atoms with Crippen molar-refractivity contribution in [3.63, 3.8) is 0 Å². The van der Waals surface area contributed by atoms with Gasteiger partial charge < -0.3 is 9.47 Å². The molecule has 0 aromatic heterocycles. The van der Waals surface area contributed by atoms with Crippen LogP contribution in [-0.4, -0.2) is 25.2 Å². The van der Waals surface area contributed by atoms with Crippen LogP contribution in [0, 0.1) is 0 Å². The molecule has 0 atom stereocenters. The highest BCUT2D eigenvalue weighted by molar-refractivity contribution is 6.35. The number of halogens is 2. The Kier molecular flexibility index (Phi) is 13.0. The molecule has 0 unspecified atom stereocenters. The molecule has 0 saturated carbocycles. The van der Waals surface area contributed by atoms with Crippen LogP contribution in [0.25, 0.3) is 0 Å². The molecule has 0 heterocycles. The predicted molar refractivity (Wildman–Crippen MR) is 109 cm³/mol.